The van der Waals surface area contributed by atoms with Crippen LogP contribution in [-0.2, 0) is 5.54 Å². The lowest BCUT2D eigenvalue weighted by atomic mass is 9.90. The van der Waals surface area contributed by atoms with Crippen molar-refractivity contribution in [3.8, 4) is 5.75 Å². The maximum atomic E-state index is 9.75. The minimum Gasteiger partial charge on any atom is -0.508 e. The van der Waals surface area contributed by atoms with E-state index >= 15 is 0 Å². The van der Waals surface area contributed by atoms with E-state index in [4.69, 9.17) is 17.3 Å². The minimum atomic E-state index is -0.478. The molecule has 5 heteroatoms. The quantitative estimate of drug-likeness (QED) is 0.896. The van der Waals surface area contributed by atoms with Gasteiger partial charge < -0.3 is 10.8 Å². The van der Waals surface area contributed by atoms with Crippen molar-refractivity contribution in [1.29, 1.82) is 0 Å². The van der Waals surface area contributed by atoms with Gasteiger partial charge in [0.1, 0.15) is 5.75 Å². The van der Waals surface area contributed by atoms with Crippen LogP contribution in [0.25, 0.3) is 0 Å². The van der Waals surface area contributed by atoms with E-state index in [1.807, 2.05) is 48.2 Å². The van der Waals surface area contributed by atoms with Crippen LogP contribution in [0.1, 0.15) is 12.5 Å². The minimum absolute atomic E-state index is 0.221. The first-order valence-electron chi connectivity index (χ1n) is 6.66. The molecule has 2 aromatic rings. The second-order valence-corrected chi connectivity index (χ2v) is 5.69. The number of hydrogen-bond acceptors (Lipinski definition) is 4. The monoisotopic (exact) mass is 301 g/mol. The van der Waals surface area contributed by atoms with Crippen molar-refractivity contribution < 1.29 is 5.11 Å². The Morgan fingerprint density at radius 1 is 1.24 bits per heavy atom. The van der Waals surface area contributed by atoms with Gasteiger partial charge in [-0.2, -0.15) is 0 Å². The highest BCUT2D eigenvalue weighted by atomic mass is 35.5. The molecule has 21 heavy (non-hydrogen) atoms. The molecule has 2 aromatic carbocycles. The number of hydrogen-bond donors (Lipinski definition) is 2. The summed E-state index contributed by atoms with van der Waals surface area (Å²) in [6.07, 6.45) is 0. The molecule has 1 aliphatic heterocycles. The molecule has 3 rings (SSSR count). The number of nitrogens with zero attached hydrogens (tertiary/aromatic N) is 2. The molecular formula is C16H16ClN3O. The van der Waals surface area contributed by atoms with E-state index in [2.05, 4.69) is 4.99 Å². The van der Waals surface area contributed by atoms with Gasteiger partial charge in [-0.1, -0.05) is 35.9 Å². The van der Waals surface area contributed by atoms with Crippen LogP contribution < -0.4 is 10.6 Å². The van der Waals surface area contributed by atoms with Crippen LogP contribution in [0.4, 0.5) is 5.69 Å². The highest BCUT2D eigenvalue weighted by Gasteiger charge is 2.41. The van der Waals surface area contributed by atoms with Crippen LogP contribution in [0.15, 0.2) is 53.5 Å². The average Bonchev–Trinajstić information content (AvgIpc) is 2.77. The second-order valence-electron chi connectivity index (χ2n) is 5.29. The summed E-state index contributed by atoms with van der Waals surface area (Å²) < 4.78 is 0. The number of phenolic OH excluding ortho intramolecular Hbond substituents is 1. The summed E-state index contributed by atoms with van der Waals surface area (Å²) in [5.74, 6) is 0.646. The van der Waals surface area contributed by atoms with Crippen LogP contribution >= 0.6 is 11.6 Å². The zero-order chi connectivity index (χ0) is 15.0. The Labute approximate surface area is 128 Å². The van der Waals surface area contributed by atoms with Crippen molar-refractivity contribution in [2.24, 2.45) is 10.7 Å². The van der Waals surface area contributed by atoms with Gasteiger partial charge in [-0.05, 0) is 36.8 Å². The third-order valence-corrected chi connectivity index (χ3v) is 4.15. The van der Waals surface area contributed by atoms with Crippen molar-refractivity contribution in [2.75, 3.05) is 11.4 Å². The Hall–Kier alpha value is -2.20. The predicted octanol–water partition coefficient (Wildman–Crippen LogP) is 3.10. The van der Waals surface area contributed by atoms with Gasteiger partial charge in [0.05, 0.1) is 22.8 Å². The normalized spacial score (nSPS) is 21.4. The van der Waals surface area contributed by atoms with Crippen LogP contribution in [-0.4, -0.2) is 17.6 Å². The third kappa shape index (κ3) is 2.21. The van der Waals surface area contributed by atoms with Gasteiger partial charge >= 0.3 is 0 Å². The van der Waals surface area contributed by atoms with E-state index in [0.29, 0.717) is 17.5 Å². The number of anilines is 1. The Morgan fingerprint density at radius 3 is 2.71 bits per heavy atom. The Morgan fingerprint density at radius 2 is 2.00 bits per heavy atom. The summed E-state index contributed by atoms with van der Waals surface area (Å²) in [5.41, 5.74) is 7.35. The summed E-state index contributed by atoms with van der Waals surface area (Å²) >= 11 is 6.31. The molecule has 4 nitrogen and oxygen atoms in total. The molecule has 0 aliphatic carbocycles. The molecule has 3 N–H and O–H groups in total. The molecule has 108 valence electrons. The van der Waals surface area contributed by atoms with Gasteiger partial charge in [0, 0.05) is 0 Å². The second kappa shape index (κ2) is 4.97. The zero-order valence-electron chi connectivity index (χ0n) is 11.6. The number of guanidine groups is 1. The Kier molecular flexibility index (Phi) is 3.26. The van der Waals surface area contributed by atoms with Crippen molar-refractivity contribution in [1.82, 2.24) is 0 Å². The first-order chi connectivity index (χ1) is 10.0. The lowest BCUT2D eigenvalue weighted by Gasteiger charge is -2.37. The zero-order valence-corrected chi connectivity index (χ0v) is 12.4. The largest absolute Gasteiger partial charge is 0.508 e. The number of benzene rings is 2. The van der Waals surface area contributed by atoms with E-state index < -0.39 is 5.54 Å². The van der Waals surface area contributed by atoms with Gasteiger partial charge in [-0.25, -0.2) is 0 Å². The molecule has 0 radical (unpaired) electrons. The fourth-order valence-electron chi connectivity index (χ4n) is 2.71. The first kappa shape index (κ1) is 13.8. The summed E-state index contributed by atoms with van der Waals surface area (Å²) in [5, 5.41) is 10.4. The summed E-state index contributed by atoms with van der Waals surface area (Å²) in [6, 6.07) is 14.7. The lowest BCUT2D eigenvalue weighted by molar-refractivity contribution is 0.468. The molecular weight excluding hydrogens is 286 g/mol. The van der Waals surface area contributed by atoms with Crippen LogP contribution in [0, 0.1) is 0 Å². The van der Waals surface area contributed by atoms with Crippen LogP contribution in [0.2, 0.25) is 5.02 Å². The average molecular weight is 302 g/mol. The smallest absolute Gasteiger partial charge is 0.196 e. The number of halogens is 1. The molecule has 0 saturated heterocycles. The third-order valence-electron chi connectivity index (χ3n) is 3.83. The molecule has 0 saturated carbocycles. The van der Waals surface area contributed by atoms with Gasteiger partial charge in [0.25, 0.3) is 0 Å². The Balaban J connectivity index is 2.13. The van der Waals surface area contributed by atoms with E-state index in [1.54, 1.807) is 12.1 Å². The maximum Gasteiger partial charge on any atom is 0.196 e. The molecule has 0 fully saturated rings. The summed E-state index contributed by atoms with van der Waals surface area (Å²) in [7, 11) is 0. The van der Waals surface area contributed by atoms with Gasteiger partial charge in [-0.15, -0.1) is 0 Å². The van der Waals surface area contributed by atoms with Crippen LogP contribution in [0.3, 0.4) is 0 Å². The standard InChI is InChI=1S/C16H16ClN3O/c1-16(11-5-4-6-12(21)9-11)10-19-15(18)20(16)14-8-3-2-7-13(14)17/h2-9,21H,10H2,1H3,(H2,18,19). The number of nitrogens with two attached hydrogens (primary N) is 1. The molecule has 1 aliphatic rings. The first-order valence-corrected chi connectivity index (χ1v) is 7.04. The lowest BCUT2D eigenvalue weighted by Crippen LogP contribution is -2.47. The molecule has 0 bridgehead atoms. The topological polar surface area (TPSA) is 61.9 Å². The highest BCUT2D eigenvalue weighted by molar-refractivity contribution is 6.34. The molecule has 1 atom stereocenters. The highest BCUT2D eigenvalue weighted by Crippen LogP contribution is 2.40. The Bertz CT molecular complexity index is 716. The number of aromatic hydroxyl groups is 1. The van der Waals surface area contributed by atoms with Crippen molar-refractivity contribution in [3.05, 3.63) is 59.1 Å². The van der Waals surface area contributed by atoms with Gasteiger partial charge in [0.15, 0.2) is 5.96 Å². The van der Waals surface area contributed by atoms with E-state index in [9.17, 15) is 5.11 Å². The van der Waals surface area contributed by atoms with E-state index in [1.165, 1.54) is 0 Å². The summed E-state index contributed by atoms with van der Waals surface area (Å²) in [6.45, 7) is 2.54. The van der Waals surface area contributed by atoms with Gasteiger partial charge in [-0.3, -0.25) is 9.89 Å². The van der Waals surface area contributed by atoms with E-state index in [0.717, 1.165) is 11.3 Å². The van der Waals surface area contributed by atoms with Crippen molar-refractivity contribution in [3.63, 3.8) is 0 Å². The number of phenols is 1. The van der Waals surface area contributed by atoms with Crippen molar-refractivity contribution in [2.45, 2.75) is 12.5 Å². The molecule has 0 spiro atoms. The molecule has 1 unspecified atom stereocenters. The fraction of sp³-hybridized carbons (Fsp3) is 0.188. The van der Waals surface area contributed by atoms with E-state index in [-0.39, 0.29) is 5.75 Å². The van der Waals surface area contributed by atoms with Gasteiger partial charge in [0.2, 0.25) is 0 Å². The predicted molar refractivity (Wildman–Crippen MR) is 85.9 cm³/mol. The fourth-order valence-corrected chi connectivity index (χ4v) is 2.93. The molecule has 1 heterocycles. The number of rotatable bonds is 2. The number of para-hydroxylation sites is 1. The number of aliphatic imine (C=N–C) groups is 1. The van der Waals surface area contributed by atoms with Crippen molar-refractivity contribution >= 4 is 23.2 Å². The van der Waals surface area contributed by atoms with Crippen LogP contribution in [0.5, 0.6) is 5.75 Å². The molecule has 0 amide bonds. The molecule has 0 aromatic heterocycles. The maximum absolute atomic E-state index is 9.75. The SMILES string of the molecule is CC1(c2cccc(O)c2)CN=C(N)N1c1ccccc1Cl. The summed E-state index contributed by atoms with van der Waals surface area (Å²) in [4.78, 5) is 6.30.